The number of hydrogen-bond acceptors (Lipinski definition) is 6. The molecular formula is C11H14N2O4. The van der Waals surface area contributed by atoms with Crippen molar-refractivity contribution < 1.29 is 20.3 Å². The molecule has 2 fully saturated rings. The summed E-state index contributed by atoms with van der Waals surface area (Å²) in [6.45, 7) is 3.71. The minimum Gasteiger partial charge on any atom is -0.300 e. The Balaban J connectivity index is 0.000000247. The van der Waals surface area contributed by atoms with Crippen molar-refractivity contribution in [2.75, 3.05) is 0 Å². The molecule has 2 rings (SSSR count). The summed E-state index contributed by atoms with van der Waals surface area (Å²) in [5, 5.41) is 31.8. The van der Waals surface area contributed by atoms with Gasteiger partial charge in [0.1, 0.15) is 5.78 Å². The van der Waals surface area contributed by atoms with E-state index in [9.17, 15) is 4.79 Å². The van der Waals surface area contributed by atoms with Gasteiger partial charge in [0.25, 0.3) is 0 Å². The molecule has 6 heteroatoms. The van der Waals surface area contributed by atoms with Crippen molar-refractivity contribution in [1.29, 1.82) is 10.5 Å². The first kappa shape index (κ1) is 15.3. The van der Waals surface area contributed by atoms with Gasteiger partial charge in [0.15, 0.2) is 0 Å². The number of rotatable bonds is 0. The standard InChI is InChI=1S/C6H7N.C5H5NO.H2O3/c1-5-2-6(3-5)4-7;6-3-4-1-5(7)2-4;1-3-2/h6H,1-3H2;4H,1-2H2;1-2H. The second-order valence-corrected chi connectivity index (χ2v) is 3.84. The second kappa shape index (κ2) is 8.43. The molecule has 0 spiro atoms. The van der Waals surface area contributed by atoms with Gasteiger partial charge < -0.3 is 0 Å². The topological polar surface area (TPSA) is 114 Å². The van der Waals surface area contributed by atoms with Crippen LogP contribution in [0.15, 0.2) is 12.2 Å². The van der Waals surface area contributed by atoms with Gasteiger partial charge in [0.2, 0.25) is 0 Å². The largest absolute Gasteiger partial charge is 0.300 e. The number of carbonyl (C=O) groups is 1. The maximum Gasteiger partial charge on any atom is 0.135 e. The van der Waals surface area contributed by atoms with Crippen LogP contribution in [0.4, 0.5) is 0 Å². The molecule has 0 atom stereocenters. The number of ketones is 1. The zero-order valence-corrected chi connectivity index (χ0v) is 9.30. The maximum atomic E-state index is 10.1. The molecule has 0 aromatic heterocycles. The molecule has 0 unspecified atom stereocenters. The number of carbonyl (C=O) groups excluding carboxylic acids is 1. The van der Waals surface area contributed by atoms with E-state index >= 15 is 0 Å². The van der Waals surface area contributed by atoms with Gasteiger partial charge in [-0.2, -0.15) is 10.5 Å². The third kappa shape index (κ3) is 6.44. The lowest BCUT2D eigenvalue weighted by Gasteiger charge is -2.20. The van der Waals surface area contributed by atoms with Crippen LogP contribution in [0, 0.1) is 34.5 Å². The number of nitrogens with zero attached hydrogens (tertiary/aromatic N) is 2. The highest BCUT2D eigenvalue weighted by atomic mass is 17.4. The monoisotopic (exact) mass is 238 g/mol. The Morgan fingerprint density at radius 2 is 1.47 bits per heavy atom. The summed E-state index contributed by atoms with van der Waals surface area (Å²) in [4.78, 5) is 10.1. The quantitative estimate of drug-likeness (QED) is 0.378. The molecule has 2 aliphatic rings. The van der Waals surface area contributed by atoms with E-state index in [-0.39, 0.29) is 11.7 Å². The second-order valence-electron chi connectivity index (χ2n) is 3.84. The van der Waals surface area contributed by atoms with Crippen LogP contribution in [0.25, 0.3) is 0 Å². The number of hydrogen-bond donors (Lipinski definition) is 2. The molecule has 0 heterocycles. The molecule has 2 saturated carbocycles. The van der Waals surface area contributed by atoms with Gasteiger partial charge in [0.05, 0.1) is 24.0 Å². The Bertz CT molecular complexity index is 303. The Labute approximate surface area is 99.2 Å². The molecule has 6 nitrogen and oxygen atoms in total. The first-order chi connectivity index (χ1) is 8.07. The van der Waals surface area contributed by atoms with E-state index in [1.807, 2.05) is 6.07 Å². The van der Waals surface area contributed by atoms with Crippen LogP contribution in [0.2, 0.25) is 0 Å². The van der Waals surface area contributed by atoms with E-state index in [0.717, 1.165) is 12.8 Å². The van der Waals surface area contributed by atoms with Crippen LogP contribution in [0.5, 0.6) is 0 Å². The predicted octanol–water partition coefficient (Wildman–Crippen LogP) is 1.91. The summed E-state index contributed by atoms with van der Waals surface area (Å²) >= 11 is 0. The lowest BCUT2D eigenvalue weighted by molar-refractivity contribution is -0.465. The van der Waals surface area contributed by atoms with Gasteiger partial charge >= 0.3 is 0 Å². The van der Waals surface area contributed by atoms with Crippen LogP contribution < -0.4 is 0 Å². The maximum absolute atomic E-state index is 10.1. The van der Waals surface area contributed by atoms with Gasteiger partial charge in [0, 0.05) is 12.8 Å². The molecule has 17 heavy (non-hydrogen) atoms. The highest BCUT2D eigenvalue weighted by molar-refractivity contribution is 5.85. The molecular weight excluding hydrogens is 224 g/mol. The summed E-state index contributed by atoms with van der Waals surface area (Å²) in [7, 11) is 0. The van der Waals surface area contributed by atoms with Gasteiger partial charge in [-0.3, -0.25) is 4.79 Å². The first-order valence-corrected chi connectivity index (χ1v) is 4.99. The van der Waals surface area contributed by atoms with Gasteiger partial charge in [-0.05, 0) is 12.8 Å². The van der Waals surface area contributed by atoms with E-state index < -0.39 is 0 Å². The van der Waals surface area contributed by atoms with Crippen molar-refractivity contribution in [1.82, 2.24) is 0 Å². The van der Waals surface area contributed by atoms with E-state index in [4.69, 9.17) is 21.0 Å². The summed E-state index contributed by atoms with van der Waals surface area (Å²) in [5.41, 5.74) is 1.23. The van der Waals surface area contributed by atoms with Gasteiger partial charge in [-0.25, -0.2) is 10.5 Å². The molecule has 0 radical (unpaired) electrons. The smallest absolute Gasteiger partial charge is 0.135 e. The summed E-state index contributed by atoms with van der Waals surface area (Å²) < 4.78 is 0. The lowest BCUT2D eigenvalue weighted by Crippen LogP contribution is -2.20. The van der Waals surface area contributed by atoms with E-state index in [2.05, 4.69) is 17.7 Å². The third-order valence-corrected chi connectivity index (χ3v) is 2.38. The van der Waals surface area contributed by atoms with Crippen molar-refractivity contribution >= 4 is 5.78 Å². The number of nitriles is 2. The molecule has 2 N–H and O–H groups in total. The molecule has 0 aromatic carbocycles. The molecule has 0 aromatic rings. The SMILES string of the molecule is C=C1CC(C#N)C1.N#CC1CC(=O)C1.OOO. The fraction of sp³-hybridized carbons (Fsp3) is 0.545. The number of Topliss-reactive ketones (excluding diaryl/α,β-unsaturated/α-hetero) is 1. The van der Waals surface area contributed by atoms with Crippen LogP contribution >= 0.6 is 0 Å². The van der Waals surface area contributed by atoms with Gasteiger partial charge in [-0.1, -0.05) is 17.2 Å². The molecule has 2 aliphatic carbocycles. The zero-order chi connectivity index (χ0) is 13.3. The molecule has 0 aliphatic heterocycles. The van der Waals surface area contributed by atoms with E-state index in [1.54, 1.807) is 0 Å². The van der Waals surface area contributed by atoms with Crippen molar-refractivity contribution in [3.63, 3.8) is 0 Å². The molecule has 0 bridgehead atoms. The van der Waals surface area contributed by atoms with E-state index in [1.165, 1.54) is 5.57 Å². The van der Waals surface area contributed by atoms with Crippen LogP contribution in [-0.4, -0.2) is 16.3 Å². The minimum absolute atomic E-state index is 0.0486. The first-order valence-electron chi connectivity index (χ1n) is 4.99. The average molecular weight is 238 g/mol. The minimum atomic E-state index is 0.0486. The molecule has 0 amide bonds. The van der Waals surface area contributed by atoms with Crippen molar-refractivity contribution in [3.05, 3.63) is 12.2 Å². The van der Waals surface area contributed by atoms with E-state index in [0.29, 0.717) is 18.8 Å². The molecule has 0 saturated heterocycles. The van der Waals surface area contributed by atoms with Gasteiger partial charge in [-0.15, -0.1) is 0 Å². The van der Waals surface area contributed by atoms with Crippen molar-refractivity contribution in [2.24, 2.45) is 11.8 Å². The highest BCUT2D eigenvalue weighted by Crippen LogP contribution is 2.29. The van der Waals surface area contributed by atoms with Crippen LogP contribution in [0.3, 0.4) is 0 Å². The van der Waals surface area contributed by atoms with Crippen LogP contribution in [-0.2, 0) is 9.83 Å². The lowest BCUT2D eigenvalue weighted by atomic mass is 9.82. The summed E-state index contributed by atoms with van der Waals surface area (Å²) in [6, 6.07) is 4.18. The van der Waals surface area contributed by atoms with Crippen molar-refractivity contribution in [3.8, 4) is 12.1 Å². The zero-order valence-electron chi connectivity index (χ0n) is 9.30. The third-order valence-electron chi connectivity index (χ3n) is 2.38. The molecule has 92 valence electrons. The average Bonchev–Trinajstić information content (AvgIpc) is 2.22. The Kier molecular flexibility index (Phi) is 7.57. The Morgan fingerprint density at radius 1 is 1.12 bits per heavy atom. The Morgan fingerprint density at radius 3 is 1.59 bits per heavy atom. The highest BCUT2D eigenvalue weighted by Gasteiger charge is 2.25. The van der Waals surface area contributed by atoms with Crippen LogP contribution in [0.1, 0.15) is 25.7 Å². The fourth-order valence-corrected chi connectivity index (χ4v) is 1.31. The Hall–Kier alpha value is -1.73. The predicted molar refractivity (Wildman–Crippen MR) is 57.2 cm³/mol. The summed E-state index contributed by atoms with van der Waals surface area (Å²) in [5.74, 6) is 0.576. The number of allylic oxidation sites excluding steroid dienone is 1. The fourth-order valence-electron chi connectivity index (χ4n) is 1.31. The summed E-state index contributed by atoms with van der Waals surface area (Å²) in [6.07, 6.45) is 2.88. The normalized spacial score (nSPS) is 18.1. The van der Waals surface area contributed by atoms with Crippen molar-refractivity contribution in [2.45, 2.75) is 25.7 Å².